The van der Waals surface area contributed by atoms with Gasteiger partial charge in [-0.05, 0) is 47.4 Å². The normalized spacial score (nSPS) is 11.8. The Balaban J connectivity index is 1.83. The molecule has 0 aromatic heterocycles. The van der Waals surface area contributed by atoms with Gasteiger partial charge in [0.2, 0.25) is 0 Å². The van der Waals surface area contributed by atoms with Crippen molar-refractivity contribution in [2.24, 2.45) is 5.73 Å². The Hall–Kier alpha value is -3.15. The largest absolute Gasteiger partial charge is 0.489 e. The molecule has 3 aromatic rings. The molecule has 0 bridgehead atoms. The minimum Gasteiger partial charge on any atom is -0.489 e. The SMILES string of the molecule is Cc1cc(COc2ccccc2CC(=O)O)cc(-c2cccc(C(N)CO)c2)c1. The molecule has 5 nitrogen and oxygen atoms in total. The van der Waals surface area contributed by atoms with Crippen LogP contribution in [-0.4, -0.2) is 22.8 Å². The molecule has 1 atom stereocenters. The summed E-state index contributed by atoms with van der Waals surface area (Å²) in [5.41, 5.74) is 11.6. The predicted octanol–water partition coefficient (Wildman–Crippen LogP) is 3.86. The average molecular weight is 391 g/mol. The predicted molar refractivity (Wildman–Crippen MR) is 113 cm³/mol. The molecular weight excluding hydrogens is 366 g/mol. The highest BCUT2D eigenvalue weighted by Crippen LogP contribution is 2.26. The molecule has 29 heavy (non-hydrogen) atoms. The number of rotatable bonds is 8. The summed E-state index contributed by atoms with van der Waals surface area (Å²) in [7, 11) is 0. The van der Waals surface area contributed by atoms with Crippen LogP contribution in [0.15, 0.2) is 66.7 Å². The highest BCUT2D eigenvalue weighted by atomic mass is 16.5. The van der Waals surface area contributed by atoms with E-state index in [1.165, 1.54) is 0 Å². The maximum Gasteiger partial charge on any atom is 0.307 e. The number of aryl methyl sites for hydroxylation is 1. The van der Waals surface area contributed by atoms with Crippen LogP contribution in [-0.2, 0) is 17.8 Å². The lowest BCUT2D eigenvalue weighted by Crippen LogP contribution is -2.14. The number of carbonyl (C=O) groups is 1. The molecule has 0 aliphatic heterocycles. The lowest BCUT2D eigenvalue weighted by Gasteiger charge is -2.14. The number of ether oxygens (including phenoxy) is 1. The van der Waals surface area contributed by atoms with Gasteiger partial charge < -0.3 is 20.7 Å². The Labute approximate surface area is 170 Å². The highest BCUT2D eigenvalue weighted by Gasteiger charge is 2.10. The molecule has 0 amide bonds. The Bertz CT molecular complexity index is 1000. The zero-order chi connectivity index (χ0) is 20.8. The molecule has 0 heterocycles. The van der Waals surface area contributed by atoms with Crippen LogP contribution in [0.3, 0.4) is 0 Å². The summed E-state index contributed by atoms with van der Waals surface area (Å²) in [6.45, 7) is 2.25. The molecule has 3 rings (SSSR count). The summed E-state index contributed by atoms with van der Waals surface area (Å²) in [6, 6.07) is 20.8. The summed E-state index contributed by atoms with van der Waals surface area (Å²) >= 11 is 0. The molecule has 0 saturated heterocycles. The molecule has 4 N–H and O–H groups in total. The minimum atomic E-state index is -0.889. The molecule has 1 unspecified atom stereocenters. The summed E-state index contributed by atoms with van der Waals surface area (Å²) in [4.78, 5) is 11.1. The van der Waals surface area contributed by atoms with Gasteiger partial charge in [-0.3, -0.25) is 4.79 Å². The summed E-state index contributed by atoms with van der Waals surface area (Å²) < 4.78 is 5.93. The summed E-state index contributed by atoms with van der Waals surface area (Å²) in [5.74, 6) is -0.311. The van der Waals surface area contributed by atoms with Gasteiger partial charge in [-0.1, -0.05) is 54.1 Å². The molecule has 0 aliphatic carbocycles. The molecule has 0 saturated carbocycles. The fraction of sp³-hybridized carbons (Fsp3) is 0.208. The van der Waals surface area contributed by atoms with Crippen molar-refractivity contribution in [1.82, 2.24) is 0 Å². The van der Waals surface area contributed by atoms with Gasteiger partial charge in [0.05, 0.1) is 19.1 Å². The molecule has 5 heteroatoms. The van der Waals surface area contributed by atoms with Crippen molar-refractivity contribution >= 4 is 5.97 Å². The van der Waals surface area contributed by atoms with E-state index >= 15 is 0 Å². The third-order valence-electron chi connectivity index (χ3n) is 4.69. The zero-order valence-electron chi connectivity index (χ0n) is 16.3. The van der Waals surface area contributed by atoms with Crippen LogP contribution < -0.4 is 10.5 Å². The van der Waals surface area contributed by atoms with E-state index in [9.17, 15) is 9.90 Å². The van der Waals surface area contributed by atoms with Crippen LogP contribution in [0.2, 0.25) is 0 Å². The van der Waals surface area contributed by atoms with Gasteiger partial charge >= 0.3 is 5.97 Å². The van der Waals surface area contributed by atoms with Gasteiger partial charge in [-0.25, -0.2) is 0 Å². The van der Waals surface area contributed by atoms with Crippen molar-refractivity contribution in [3.8, 4) is 16.9 Å². The van der Waals surface area contributed by atoms with Crippen LogP contribution >= 0.6 is 0 Å². The second-order valence-electron chi connectivity index (χ2n) is 7.09. The van der Waals surface area contributed by atoms with E-state index in [4.69, 9.17) is 15.6 Å². The number of benzene rings is 3. The van der Waals surface area contributed by atoms with Crippen LogP contribution in [0.4, 0.5) is 0 Å². The van der Waals surface area contributed by atoms with E-state index < -0.39 is 12.0 Å². The number of aliphatic carboxylic acids is 1. The molecule has 0 radical (unpaired) electrons. The monoisotopic (exact) mass is 391 g/mol. The third-order valence-corrected chi connectivity index (χ3v) is 4.69. The zero-order valence-corrected chi connectivity index (χ0v) is 16.3. The van der Waals surface area contributed by atoms with E-state index in [1.807, 2.05) is 43.3 Å². The first kappa shape index (κ1) is 20.6. The van der Waals surface area contributed by atoms with Gasteiger partial charge in [0.1, 0.15) is 12.4 Å². The number of hydrogen-bond acceptors (Lipinski definition) is 4. The molecule has 150 valence electrons. The Morgan fingerprint density at radius 1 is 1.03 bits per heavy atom. The van der Waals surface area contributed by atoms with Gasteiger partial charge in [0, 0.05) is 5.56 Å². The van der Waals surface area contributed by atoms with E-state index in [2.05, 4.69) is 12.1 Å². The highest BCUT2D eigenvalue weighted by molar-refractivity contribution is 5.71. The van der Waals surface area contributed by atoms with Gasteiger partial charge in [-0.2, -0.15) is 0 Å². The Morgan fingerprint density at radius 2 is 1.83 bits per heavy atom. The number of carboxylic acids is 1. The fourth-order valence-electron chi connectivity index (χ4n) is 3.28. The van der Waals surface area contributed by atoms with Crippen molar-refractivity contribution < 1.29 is 19.7 Å². The second kappa shape index (κ2) is 9.37. The van der Waals surface area contributed by atoms with E-state index in [1.54, 1.807) is 18.2 Å². The number of nitrogens with two attached hydrogens (primary N) is 1. The Morgan fingerprint density at radius 3 is 2.59 bits per heavy atom. The van der Waals surface area contributed by atoms with Crippen LogP contribution in [0.1, 0.15) is 28.3 Å². The third kappa shape index (κ3) is 5.44. The number of aliphatic hydroxyl groups is 1. The van der Waals surface area contributed by atoms with E-state index in [-0.39, 0.29) is 13.0 Å². The topological polar surface area (TPSA) is 92.8 Å². The van der Waals surface area contributed by atoms with Crippen molar-refractivity contribution in [1.29, 1.82) is 0 Å². The van der Waals surface area contributed by atoms with Crippen LogP contribution in [0, 0.1) is 6.92 Å². The molecule has 3 aromatic carbocycles. The van der Waals surface area contributed by atoms with Gasteiger partial charge in [0.15, 0.2) is 0 Å². The lowest BCUT2D eigenvalue weighted by atomic mass is 9.97. The van der Waals surface area contributed by atoms with Gasteiger partial charge in [0.25, 0.3) is 0 Å². The number of hydrogen-bond donors (Lipinski definition) is 3. The minimum absolute atomic E-state index is 0.0762. The smallest absolute Gasteiger partial charge is 0.307 e. The van der Waals surface area contributed by atoms with Crippen LogP contribution in [0.25, 0.3) is 11.1 Å². The molecular formula is C24H25NO4. The van der Waals surface area contributed by atoms with Crippen molar-refractivity contribution in [2.75, 3.05) is 6.61 Å². The molecule has 0 aliphatic rings. The summed E-state index contributed by atoms with van der Waals surface area (Å²) in [5, 5.41) is 18.4. The Kier molecular flexibility index (Phi) is 6.65. The fourth-order valence-corrected chi connectivity index (χ4v) is 3.28. The molecule has 0 spiro atoms. The first-order valence-corrected chi connectivity index (χ1v) is 9.46. The van der Waals surface area contributed by atoms with Crippen LogP contribution in [0.5, 0.6) is 5.75 Å². The van der Waals surface area contributed by atoms with Crippen molar-refractivity contribution in [3.63, 3.8) is 0 Å². The standard InChI is InChI=1S/C24H25NO4/c1-16-9-17(15-29-23-8-3-2-5-20(23)13-24(27)28)11-21(10-16)18-6-4-7-19(12-18)22(25)14-26/h2-12,22,26H,13-15,25H2,1H3,(H,27,28). The first-order chi connectivity index (χ1) is 14.0. The van der Waals surface area contributed by atoms with Crippen molar-refractivity contribution in [2.45, 2.75) is 26.0 Å². The quantitative estimate of drug-likeness (QED) is 0.542. The lowest BCUT2D eigenvalue weighted by molar-refractivity contribution is -0.136. The summed E-state index contributed by atoms with van der Waals surface area (Å²) in [6.07, 6.45) is -0.0762. The first-order valence-electron chi connectivity index (χ1n) is 9.46. The number of aliphatic hydroxyl groups excluding tert-OH is 1. The van der Waals surface area contributed by atoms with Crippen molar-refractivity contribution in [3.05, 3.63) is 89.0 Å². The second-order valence-corrected chi connectivity index (χ2v) is 7.09. The van der Waals surface area contributed by atoms with E-state index in [0.29, 0.717) is 17.9 Å². The number of carboxylic acid groups (broad SMARTS) is 1. The van der Waals surface area contributed by atoms with E-state index in [0.717, 1.165) is 27.8 Å². The number of para-hydroxylation sites is 1. The van der Waals surface area contributed by atoms with Gasteiger partial charge in [-0.15, -0.1) is 0 Å². The average Bonchev–Trinajstić information content (AvgIpc) is 2.72. The maximum absolute atomic E-state index is 11.1. The maximum atomic E-state index is 11.1. The molecule has 0 fully saturated rings.